The van der Waals surface area contributed by atoms with Crippen LogP contribution in [0.15, 0.2) is 53.4 Å². The fraction of sp³-hybridized carbons (Fsp3) is 0.300. The van der Waals surface area contributed by atoms with E-state index >= 15 is 0 Å². The van der Waals surface area contributed by atoms with Crippen LogP contribution in [-0.4, -0.2) is 23.1 Å². The van der Waals surface area contributed by atoms with E-state index in [-0.39, 0.29) is 17.1 Å². The molecular formula is C20H22N2O2S. The SMILES string of the molecule is Cc1ccc(S[C@H](C)C(=O)Nc2cccc(C(=O)NC3CC3)c2)cc1. The van der Waals surface area contributed by atoms with Gasteiger partial charge in [0, 0.05) is 22.2 Å². The first-order valence-electron chi connectivity index (χ1n) is 8.46. The largest absolute Gasteiger partial charge is 0.349 e. The molecule has 0 unspecified atom stereocenters. The van der Waals surface area contributed by atoms with Crippen molar-refractivity contribution in [3.8, 4) is 0 Å². The van der Waals surface area contributed by atoms with Crippen molar-refractivity contribution in [2.75, 3.05) is 5.32 Å². The maximum atomic E-state index is 12.4. The van der Waals surface area contributed by atoms with Crippen molar-refractivity contribution < 1.29 is 9.59 Å². The van der Waals surface area contributed by atoms with E-state index in [4.69, 9.17) is 0 Å². The van der Waals surface area contributed by atoms with Gasteiger partial charge in [-0.3, -0.25) is 9.59 Å². The van der Waals surface area contributed by atoms with Crippen LogP contribution in [0.5, 0.6) is 0 Å². The van der Waals surface area contributed by atoms with E-state index in [0.29, 0.717) is 17.3 Å². The maximum Gasteiger partial charge on any atom is 0.251 e. The van der Waals surface area contributed by atoms with Gasteiger partial charge in [0.1, 0.15) is 0 Å². The van der Waals surface area contributed by atoms with Gasteiger partial charge in [0.15, 0.2) is 0 Å². The van der Waals surface area contributed by atoms with E-state index in [1.165, 1.54) is 17.3 Å². The van der Waals surface area contributed by atoms with Gasteiger partial charge in [0.2, 0.25) is 5.91 Å². The van der Waals surface area contributed by atoms with Crippen molar-refractivity contribution >= 4 is 29.3 Å². The van der Waals surface area contributed by atoms with Crippen LogP contribution in [-0.2, 0) is 4.79 Å². The van der Waals surface area contributed by atoms with Gasteiger partial charge in [-0.15, -0.1) is 11.8 Å². The summed E-state index contributed by atoms with van der Waals surface area (Å²) in [5, 5.41) is 5.62. The Balaban J connectivity index is 1.59. The van der Waals surface area contributed by atoms with Gasteiger partial charge >= 0.3 is 0 Å². The number of aryl methyl sites for hydroxylation is 1. The highest BCUT2D eigenvalue weighted by Crippen LogP contribution is 2.25. The molecule has 2 amide bonds. The summed E-state index contributed by atoms with van der Waals surface area (Å²) in [5.74, 6) is -0.161. The molecule has 0 saturated heterocycles. The van der Waals surface area contributed by atoms with Crippen molar-refractivity contribution in [3.63, 3.8) is 0 Å². The lowest BCUT2D eigenvalue weighted by Gasteiger charge is -2.13. The smallest absolute Gasteiger partial charge is 0.251 e. The summed E-state index contributed by atoms with van der Waals surface area (Å²) in [4.78, 5) is 25.6. The standard InChI is InChI=1S/C20H22N2O2S/c1-13-6-10-18(11-7-13)25-14(2)19(23)22-17-5-3-4-15(12-17)20(24)21-16-8-9-16/h3-7,10-12,14,16H,8-9H2,1-2H3,(H,21,24)(H,22,23)/t14-/m1/s1. The summed E-state index contributed by atoms with van der Waals surface area (Å²) < 4.78 is 0. The molecule has 1 fully saturated rings. The van der Waals surface area contributed by atoms with Crippen LogP contribution in [0, 0.1) is 6.92 Å². The minimum atomic E-state index is -0.230. The first kappa shape index (κ1) is 17.5. The maximum absolute atomic E-state index is 12.4. The first-order valence-corrected chi connectivity index (χ1v) is 9.34. The molecule has 2 aromatic carbocycles. The molecule has 0 aliphatic heterocycles. The number of benzene rings is 2. The normalized spacial score (nSPS) is 14.6. The van der Waals surface area contributed by atoms with Gasteiger partial charge in [0.25, 0.3) is 5.91 Å². The van der Waals surface area contributed by atoms with Crippen molar-refractivity contribution in [1.29, 1.82) is 0 Å². The topological polar surface area (TPSA) is 58.2 Å². The Morgan fingerprint density at radius 2 is 1.84 bits per heavy atom. The number of hydrogen-bond donors (Lipinski definition) is 2. The second-order valence-corrected chi connectivity index (χ2v) is 7.81. The monoisotopic (exact) mass is 354 g/mol. The fourth-order valence-electron chi connectivity index (χ4n) is 2.35. The first-order chi connectivity index (χ1) is 12.0. The number of hydrogen-bond acceptors (Lipinski definition) is 3. The molecule has 0 aromatic heterocycles. The van der Waals surface area contributed by atoms with Crippen molar-refractivity contribution in [2.45, 2.75) is 42.9 Å². The van der Waals surface area contributed by atoms with Crippen LogP contribution in [0.25, 0.3) is 0 Å². The number of thioether (sulfide) groups is 1. The Kier molecular flexibility index (Phi) is 5.43. The minimum Gasteiger partial charge on any atom is -0.349 e. The van der Waals surface area contributed by atoms with Crippen LogP contribution in [0.4, 0.5) is 5.69 Å². The molecule has 0 bridgehead atoms. The number of rotatable bonds is 6. The third-order valence-electron chi connectivity index (χ3n) is 4.01. The molecule has 0 radical (unpaired) electrons. The van der Waals surface area contributed by atoms with Gasteiger partial charge in [-0.05, 0) is 57.0 Å². The van der Waals surface area contributed by atoms with Crippen LogP contribution in [0.2, 0.25) is 0 Å². The molecule has 2 aromatic rings. The molecule has 4 nitrogen and oxygen atoms in total. The Labute approximate surface area is 152 Å². The molecule has 1 saturated carbocycles. The lowest BCUT2D eigenvalue weighted by molar-refractivity contribution is -0.115. The van der Waals surface area contributed by atoms with E-state index in [9.17, 15) is 9.59 Å². The minimum absolute atomic E-state index is 0.0784. The highest BCUT2D eigenvalue weighted by molar-refractivity contribution is 8.00. The third-order valence-corrected chi connectivity index (χ3v) is 5.12. The van der Waals surface area contributed by atoms with E-state index in [1.807, 2.05) is 38.1 Å². The number of amides is 2. The lowest BCUT2D eigenvalue weighted by atomic mass is 10.2. The number of anilines is 1. The summed E-state index contributed by atoms with van der Waals surface area (Å²) in [7, 11) is 0. The Bertz CT molecular complexity index is 770. The molecule has 5 heteroatoms. The molecule has 25 heavy (non-hydrogen) atoms. The molecule has 1 aliphatic carbocycles. The molecule has 0 heterocycles. The van der Waals surface area contributed by atoms with Crippen molar-refractivity contribution in [2.24, 2.45) is 0 Å². The predicted molar refractivity (Wildman–Crippen MR) is 102 cm³/mol. The Morgan fingerprint density at radius 3 is 2.52 bits per heavy atom. The van der Waals surface area contributed by atoms with E-state index < -0.39 is 0 Å². The average Bonchev–Trinajstić information content (AvgIpc) is 3.41. The zero-order valence-electron chi connectivity index (χ0n) is 14.4. The second kappa shape index (κ2) is 7.74. The third kappa shape index (κ3) is 5.10. The van der Waals surface area contributed by atoms with E-state index in [2.05, 4.69) is 10.6 Å². The van der Waals surface area contributed by atoms with Crippen LogP contribution in [0.1, 0.15) is 35.7 Å². The summed E-state index contributed by atoms with van der Waals surface area (Å²) >= 11 is 1.52. The fourth-order valence-corrected chi connectivity index (χ4v) is 3.22. The Hall–Kier alpha value is -2.27. The second-order valence-electron chi connectivity index (χ2n) is 6.39. The van der Waals surface area contributed by atoms with Gasteiger partial charge in [-0.2, -0.15) is 0 Å². The summed E-state index contributed by atoms with van der Waals surface area (Å²) in [5.41, 5.74) is 2.41. The molecule has 1 aliphatic rings. The molecule has 0 spiro atoms. The molecule has 130 valence electrons. The van der Waals surface area contributed by atoms with Gasteiger partial charge in [-0.1, -0.05) is 23.8 Å². The zero-order valence-corrected chi connectivity index (χ0v) is 15.2. The van der Waals surface area contributed by atoms with Gasteiger partial charge in [-0.25, -0.2) is 0 Å². The zero-order chi connectivity index (χ0) is 17.8. The van der Waals surface area contributed by atoms with Gasteiger partial charge in [0.05, 0.1) is 5.25 Å². The number of carbonyl (C=O) groups is 2. The number of nitrogens with one attached hydrogen (secondary N) is 2. The van der Waals surface area contributed by atoms with Crippen LogP contribution < -0.4 is 10.6 Å². The molecule has 2 N–H and O–H groups in total. The van der Waals surface area contributed by atoms with Crippen molar-refractivity contribution in [3.05, 3.63) is 59.7 Å². The summed E-state index contributed by atoms with van der Waals surface area (Å²) in [6.07, 6.45) is 2.10. The summed E-state index contributed by atoms with van der Waals surface area (Å²) in [6.45, 7) is 3.92. The molecule has 1 atom stereocenters. The summed E-state index contributed by atoms with van der Waals surface area (Å²) in [6, 6.07) is 15.5. The van der Waals surface area contributed by atoms with Crippen LogP contribution in [0.3, 0.4) is 0 Å². The highest BCUT2D eigenvalue weighted by Gasteiger charge is 2.24. The van der Waals surface area contributed by atoms with E-state index in [1.54, 1.807) is 24.3 Å². The number of carbonyl (C=O) groups excluding carboxylic acids is 2. The van der Waals surface area contributed by atoms with E-state index in [0.717, 1.165) is 17.7 Å². The van der Waals surface area contributed by atoms with Gasteiger partial charge < -0.3 is 10.6 Å². The quantitative estimate of drug-likeness (QED) is 0.771. The average molecular weight is 354 g/mol. The van der Waals surface area contributed by atoms with Crippen LogP contribution >= 0.6 is 11.8 Å². The molecule has 3 rings (SSSR count). The molecular weight excluding hydrogens is 332 g/mol. The van der Waals surface area contributed by atoms with Crippen molar-refractivity contribution in [1.82, 2.24) is 5.32 Å². The highest BCUT2D eigenvalue weighted by atomic mass is 32.2. The lowest BCUT2D eigenvalue weighted by Crippen LogP contribution is -2.26. The predicted octanol–water partition coefficient (Wildman–Crippen LogP) is 4.01. The Morgan fingerprint density at radius 1 is 1.12 bits per heavy atom.